The first kappa shape index (κ1) is 9.94. The number of Topliss-reactive ketones (excluding diaryl/α,β-unsaturated/α-hetero) is 1. The number of aromatic nitrogens is 1. The van der Waals surface area contributed by atoms with Crippen LogP contribution < -0.4 is 0 Å². The zero-order valence-electron chi connectivity index (χ0n) is 9.03. The van der Waals surface area contributed by atoms with E-state index in [0.717, 1.165) is 19.0 Å². The van der Waals surface area contributed by atoms with Crippen molar-refractivity contribution in [2.24, 2.45) is 17.8 Å². The largest absolute Gasteiger partial charge is 0.294 e. The van der Waals surface area contributed by atoms with Gasteiger partial charge in [0.25, 0.3) is 0 Å². The molecule has 0 radical (unpaired) electrons. The number of hydrogen-bond donors (Lipinski definition) is 0. The number of carbonyl (C=O) groups is 1. The Hall–Kier alpha value is -1.25. The van der Waals surface area contributed by atoms with Crippen LogP contribution in [0, 0.1) is 23.6 Å². The minimum Gasteiger partial charge on any atom is -0.294 e. The summed E-state index contributed by atoms with van der Waals surface area (Å²) in [5, 5.41) is 0. The maximum atomic E-state index is 13.5. The van der Waals surface area contributed by atoms with Crippen LogP contribution in [0.3, 0.4) is 0 Å². The Kier molecular flexibility index (Phi) is 2.27. The van der Waals surface area contributed by atoms with Crippen LogP contribution in [0.2, 0.25) is 0 Å². The standard InChI is InChI=1S/C13H14FNO/c14-12-7-15-4-3-10(12)13(16)11-6-8-1-2-9(11)5-8/h3-4,7-9,11H,1-2,5-6H2. The summed E-state index contributed by atoms with van der Waals surface area (Å²) in [6, 6.07) is 1.50. The Bertz CT molecular complexity index is 432. The molecule has 16 heavy (non-hydrogen) atoms. The van der Waals surface area contributed by atoms with E-state index in [2.05, 4.69) is 4.98 Å². The van der Waals surface area contributed by atoms with Crippen LogP contribution in [-0.4, -0.2) is 10.8 Å². The Labute approximate surface area is 93.9 Å². The molecule has 3 atom stereocenters. The molecule has 2 aliphatic carbocycles. The van der Waals surface area contributed by atoms with Gasteiger partial charge in [0.1, 0.15) is 0 Å². The quantitative estimate of drug-likeness (QED) is 0.716. The molecule has 0 aromatic carbocycles. The Morgan fingerprint density at radius 2 is 2.25 bits per heavy atom. The van der Waals surface area contributed by atoms with Crippen LogP contribution in [0.4, 0.5) is 4.39 Å². The molecule has 2 nitrogen and oxygen atoms in total. The number of carbonyl (C=O) groups excluding carboxylic acids is 1. The Morgan fingerprint density at radius 3 is 2.88 bits per heavy atom. The van der Waals surface area contributed by atoms with Gasteiger partial charge in [-0.2, -0.15) is 0 Å². The van der Waals surface area contributed by atoms with E-state index in [1.165, 1.54) is 25.1 Å². The molecular weight excluding hydrogens is 205 g/mol. The molecule has 0 saturated heterocycles. The Balaban J connectivity index is 1.86. The normalized spacial score (nSPS) is 31.9. The van der Waals surface area contributed by atoms with Crippen molar-refractivity contribution in [3.63, 3.8) is 0 Å². The summed E-state index contributed by atoms with van der Waals surface area (Å²) in [6.45, 7) is 0. The molecule has 0 N–H and O–H groups in total. The summed E-state index contributed by atoms with van der Waals surface area (Å²) >= 11 is 0. The van der Waals surface area contributed by atoms with Gasteiger partial charge < -0.3 is 0 Å². The topological polar surface area (TPSA) is 30.0 Å². The fourth-order valence-corrected chi connectivity index (χ4v) is 3.34. The number of fused-ring (bicyclic) bond motifs is 2. The molecule has 2 bridgehead atoms. The maximum absolute atomic E-state index is 13.5. The van der Waals surface area contributed by atoms with Crippen molar-refractivity contribution in [1.29, 1.82) is 0 Å². The summed E-state index contributed by atoms with van der Waals surface area (Å²) in [5.74, 6) is 0.798. The van der Waals surface area contributed by atoms with Gasteiger partial charge in [-0.25, -0.2) is 4.39 Å². The lowest BCUT2D eigenvalue weighted by molar-refractivity contribution is 0.0870. The smallest absolute Gasteiger partial charge is 0.169 e. The van der Waals surface area contributed by atoms with Crippen molar-refractivity contribution in [1.82, 2.24) is 4.98 Å². The average Bonchev–Trinajstić information content (AvgIpc) is 2.90. The zero-order chi connectivity index (χ0) is 11.1. The lowest BCUT2D eigenvalue weighted by atomic mass is 9.83. The minimum atomic E-state index is -0.477. The van der Waals surface area contributed by atoms with Crippen LogP contribution in [0.15, 0.2) is 18.5 Å². The highest BCUT2D eigenvalue weighted by molar-refractivity contribution is 5.98. The first-order valence-electron chi connectivity index (χ1n) is 5.89. The van der Waals surface area contributed by atoms with Crippen molar-refractivity contribution in [3.05, 3.63) is 29.8 Å². The van der Waals surface area contributed by atoms with E-state index in [-0.39, 0.29) is 17.3 Å². The molecule has 2 fully saturated rings. The lowest BCUT2D eigenvalue weighted by Gasteiger charge is -2.20. The second-order valence-electron chi connectivity index (χ2n) is 5.00. The predicted molar refractivity (Wildman–Crippen MR) is 57.5 cm³/mol. The van der Waals surface area contributed by atoms with Crippen LogP contribution in [0.5, 0.6) is 0 Å². The Morgan fingerprint density at radius 1 is 1.38 bits per heavy atom. The van der Waals surface area contributed by atoms with E-state index in [9.17, 15) is 9.18 Å². The van der Waals surface area contributed by atoms with Crippen molar-refractivity contribution < 1.29 is 9.18 Å². The van der Waals surface area contributed by atoms with Gasteiger partial charge in [-0.15, -0.1) is 0 Å². The van der Waals surface area contributed by atoms with E-state index in [4.69, 9.17) is 0 Å². The summed E-state index contributed by atoms with van der Waals surface area (Å²) in [6.07, 6.45) is 7.15. The molecule has 2 aliphatic rings. The average molecular weight is 219 g/mol. The van der Waals surface area contributed by atoms with Gasteiger partial charge >= 0.3 is 0 Å². The highest BCUT2D eigenvalue weighted by Gasteiger charge is 2.43. The van der Waals surface area contributed by atoms with Crippen molar-refractivity contribution >= 4 is 5.78 Å². The predicted octanol–water partition coefficient (Wildman–Crippen LogP) is 2.84. The van der Waals surface area contributed by atoms with Crippen LogP contribution in [0.1, 0.15) is 36.0 Å². The van der Waals surface area contributed by atoms with Gasteiger partial charge in [-0.05, 0) is 37.2 Å². The molecule has 0 aliphatic heterocycles. The third kappa shape index (κ3) is 1.46. The van der Waals surface area contributed by atoms with Gasteiger partial charge in [0.15, 0.2) is 11.6 Å². The molecular formula is C13H14FNO. The molecule has 0 spiro atoms. The first-order chi connectivity index (χ1) is 7.75. The number of pyridine rings is 1. The number of nitrogens with zero attached hydrogens (tertiary/aromatic N) is 1. The van der Waals surface area contributed by atoms with Crippen molar-refractivity contribution in [3.8, 4) is 0 Å². The molecule has 3 unspecified atom stereocenters. The monoisotopic (exact) mass is 219 g/mol. The van der Waals surface area contributed by atoms with E-state index in [0.29, 0.717) is 11.8 Å². The van der Waals surface area contributed by atoms with E-state index < -0.39 is 5.82 Å². The van der Waals surface area contributed by atoms with Gasteiger partial charge in [-0.3, -0.25) is 9.78 Å². The molecule has 1 aromatic rings. The number of rotatable bonds is 2. The molecule has 1 heterocycles. The lowest BCUT2D eigenvalue weighted by Crippen LogP contribution is -2.22. The first-order valence-corrected chi connectivity index (χ1v) is 5.89. The maximum Gasteiger partial charge on any atom is 0.169 e. The van der Waals surface area contributed by atoms with Crippen LogP contribution >= 0.6 is 0 Å². The van der Waals surface area contributed by atoms with E-state index in [1.54, 1.807) is 0 Å². The number of hydrogen-bond acceptors (Lipinski definition) is 2. The fraction of sp³-hybridized carbons (Fsp3) is 0.538. The van der Waals surface area contributed by atoms with Gasteiger partial charge in [0.2, 0.25) is 0 Å². The summed E-state index contributed by atoms with van der Waals surface area (Å²) in [7, 11) is 0. The molecule has 3 heteroatoms. The van der Waals surface area contributed by atoms with Crippen LogP contribution in [-0.2, 0) is 0 Å². The summed E-state index contributed by atoms with van der Waals surface area (Å²) in [5.41, 5.74) is 0.229. The minimum absolute atomic E-state index is 0.00731. The highest BCUT2D eigenvalue weighted by atomic mass is 19.1. The SMILES string of the molecule is O=C(c1ccncc1F)C1CC2CCC1C2. The molecule has 2 saturated carbocycles. The number of halogens is 1. The highest BCUT2D eigenvalue weighted by Crippen LogP contribution is 2.49. The third-order valence-electron chi connectivity index (χ3n) is 4.11. The fourth-order valence-electron chi connectivity index (χ4n) is 3.34. The second-order valence-corrected chi connectivity index (χ2v) is 5.00. The van der Waals surface area contributed by atoms with Gasteiger partial charge in [0.05, 0.1) is 11.8 Å². The van der Waals surface area contributed by atoms with Crippen LogP contribution in [0.25, 0.3) is 0 Å². The zero-order valence-corrected chi connectivity index (χ0v) is 9.03. The van der Waals surface area contributed by atoms with Gasteiger partial charge in [0, 0.05) is 12.1 Å². The molecule has 3 rings (SSSR count). The van der Waals surface area contributed by atoms with E-state index >= 15 is 0 Å². The van der Waals surface area contributed by atoms with E-state index in [1.807, 2.05) is 0 Å². The van der Waals surface area contributed by atoms with Gasteiger partial charge in [-0.1, -0.05) is 6.42 Å². The second kappa shape index (κ2) is 3.65. The molecule has 1 aromatic heterocycles. The number of ketones is 1. The third-order valence-corrected chi connectivity index (χ3v) is 4.11. The molecule has 0 amide bonds. The molecule has 84 valence electrons. The summed E-state index contributed by atoms with van der Waals surface area (Å²) < 4.78 is 13.5. The van der Waals surface area contributed by atoms with Crippen molar-refractivity contribution in [2.45, 2.75) is 25.7 Å². The summed E-state index contributed by atoms with van der Waals surface area (Å²) in [4.78, 5) is 15.9. The van der Waals surface area contributed by atoms with Crippen molar-refractivity contribution in [2.75, 3.05) is 0 Å².